The van der Waals surface area contributed by atoms with Crippen molar-refractivity contribution in [2.24, 2.45) is 4.99 Å². The first kappa shape index (κ1) is 27.5. The molecule has 6 aromatic carbocycles. The van der Waals surface area contributed by atoms with E-state index in [4.69, 9.17) is 9.73 Å². The first-order valence-corrected chi connectivity index (χ1v) is 17.2. The summed E-state index contributed by atoms with van der Waals surface area (Å²) in [6.45, 7) is 0.530. The normalized spacial score (nSPS) is 14.5. The molecule has 208 valence electrons. The second-order valence-corrected chi connectivity index (χ2v) is 14.7. The average Bonchev–Trinajstić information content (AvgIpc) is 3.58. The summed E-state index contributed by atoms with van der Waals surface area (Å²) in [4.78, 5) is 5.30. The topological polar surface area (TPSA) is 21.6 Å². The smallest absolute Gasteiger partial charge is 0.217 e. The molecular formula is C39H31NOP2. The van der Waals surface area contributed by atoms with E-state index in [2.05, 4.69) is 170 Å². The number of nitrogens with zero attached hydrogens (tertiary/aromatic N) is 1. The number of ether oxygens (including phenoxy) is 1. The highest BCUT2D eigenvalue weighted by Crippen LogP contribution is 2.38. The van der Waals surface area contributed by atoms with Gasteiger partial charge in [0, 0.05) is 5.56 Å². The van der Waals surface area contributed by atoms with E-state index in [1.165, 1.54) is 37.4 Å². The third-order valence-electron chi connectivity index (χ3n) is 7.62. The Bertz CT molecular complexity index is 1750. The molecule has 6 aromatic rings. The molecular weight excluding hydrogens is 560 g/mol. The zero-order valence-electron chi connectivity index (χ0n) is 23.7. The summed E-state index contributed by atoms with van der Waals surface area (Å²) in [5, 5.41) is 7.89. The largest absolute Gasteiger partial charge is 0.475 e. The Morgan fingerprint density at radius 3 is 1.35 bits per heavy atom. The molecule has 0 saturated heterocycles. The van der Waals surface area contributed by atoms with Gasteiger partial charge in [0.25, 0.3) is 0 Å². The fourth-order valence-electron chi connectivity index (χ4n) is 5.67. The minimum atomic E-state index is -0.786. The van der Waals surface area contributed by atoms with Crippen LogP contribution >= 0.6 is 15.8 Å². The first-order chi connectivity index (χ1) is 21.4. The molecule has 1 atom stereocenters. The van der Waals surface area contributed by atoms with E-state index in [1.54, 1.807) is 0 Å². The van der Waals surface area contributed by atoms with E-state index in [9.17, 15) is 0 Å². The van der Waals surface area contributed by atoms with Gasteiger partial charge in [0.15, 0.2) is 0 Å². The summed E-state index contributed by atoms with van der Waals surface area (Å²) in [6.07, 6.45) is 0. The predicted molar refractivity (Wildman–Crippen MR) is 186 cm³/mol. The highest BCUT2D eigenvalue weighted by molar-refractivity contribution is 7.80. The van der Waals surface area contributed by atoms with E-state index in [1.807, 2.05) is 0 Å². The van der Waals surface area contributed by atoms with Gasteiger partial charge in [0.1, 0.15) is 12.6 Å². The molecule has 0 fully saturated rings. The molecule has 0 unspecified atom stereocenters. The fraction of sp³-hybridized carbons (Fsp3) is 0.0513. The highest BCUT2D eigenvalue weighted by Gasteiger charge is 2.30. The number of hydrogen-bond acceptors (Lipinski definition) is 2. The van der Waals surface area contributed by atoms with Crippen LogP contribution in [-0.2, 0) is 4.74 Å². The maximum atomic E-state index is 6.48. The van der Waals surface area contributed by atoms with Gasteiger partial charge in [-0.15, -0.1) is 0 Å². The van der Waals surface area contributed by atoms with Crippen molar-refractivity contribution in [2.45, 2.75) is 6.04 Å². The Balaban J connectivity index is 1.31. The Kier molecular flexibility index (Phi) is 8.23. The molecule has 0 amide bonds. The van der Waals surface area contributed by atoms with Gasteiger partial charge in [-0.25, -0.2) is 4.99 Å². The highest BCUT2D eigenvalue weighted by atomic mass is 31.1. The van der Waals surface area contributed by atoms with Gasteiger partial charge in [0.05, 0.1) is 0 Å². The van der Waals surface area contributed by atoms with Crippen molar-refractivity contribution in [1.29, 1.82) is 0 Å². The van der Waals surface area contributed by atoms with Gasteiger partial charge in [-0.05, 0) is 59.3 Å². The lowest BCUT2D eigenvalue weighted by molar-refractivity contribution is 0.320. The summed E-state index contributed by atoms with van der Waals surface area (Å²) in [7, 11) is -1.54. The Hall–Kier alpha value is -4.35. The van der Waals surface area contributed by atoms with Gasteiger partial charge in [-0.3, -0.25) is 0 Å². The molecule has 1 aliphatic heterocycles. The van der Waals surface area contributed by atoms with Crippen molar-refractivity contribution in [3.05, 3.63) is 181 Å². The standard InChI is InChI=1S/C39H31NOP2/c1-5-17-30(18-6-1)42(31-19-7-2-8-20-31)37-27-15-13-25-34(37)36-29-41-39(40-36)35-26-14-16-28-38(35)43(32-21-9-3-10-22-32)33-23-11-4-12-24-33/h1-28,36H,29H2/t36-/m1/s1. The molecule has 1 heterocycles. The van der Waals surface area contributed by atoms with Crippen molar-refractivity contribution >= 4 is 53.6 Å². The second kappa shape index (κ2) is 12.9. The van der Waals surface area contributed by atoms with Gasteiger partial charge in [0.2, 0.25) is 5.90 Å². The third kappa shape index (κ3) is 5.82. The Labute approximate surface area is 256 Å². The van der Waals surface area contributed by atoms with Crippen molar-refractivity contribution in [3.63, 3.8) is 0 Å². The molecule has 0 aromatic heterocycles. The molecule has 1 aliphatic rings. The van der Waals surface area contributed by atoms with Gasteiger partial charge < -0.3 is 4.74 Å². The zero-order chi connectivity index (χ0) is 28.8. The fourth-order valence-corrected chi connectivity index (χ4v) is 10.6. The van der Waals surface area contributed by atoms with Crippen LogP contribution in [0, 0.1) is 0 Å². The number of hydrogen-bond donors (Lipinski definition) is 0. The van der Waals surface area contributed by atoms with Crippen LogP contribution < -0.4 is 31.8 Å². The van der Waals surface area contributed by atoms with Crippen molar-refractivity contribution in [3.8, 4) is 0 Å². The minimum absolute atomic E-state index is 0.0728. The lowest BCUT2D eigenvalue weighted by Crippen LogP contribution is -2.25. The maximum Gasteiger partial charge on any atom is 0.217 e. The van der Waals surface area contributed by atoms with Gasteiger partial charge in [-0.2, -0.15) is 0 Å². The molecule has 2 nitrogen and oxygen atoms in total. The second-order valence-electron chi connectivity index (χ2n) is 10.4. The average molecular weight is 592 g/mol. The molecule has 0 radical (unpaired) electrons. The molecule has 0 saturated carbocycles. The molecule has 0 N–H and O–H groups in total. The van der Waals surface area contributed by atoms with Crippen LogP contribution in [0.4, 0.5) is 0 Å². The molecule has 0 bridgehead atoms. The van der Waals surface area contributed by atoms with Crippen molar-refractivity contribution in [2.75, 3.05) is 6.61 Å². The summed E-state index contributed by atoms with van der Waals surface area (Å²) in [5.41, 5.74) is 2.32. The van der Waals surface area contributed by atoms with E-state index in [-0.39, 0.29) is 6.04 Å². The lowest BCUT2D eigenvalue weighted by Gasteiger charge is -2.23. The summed E-state index contributed by atoms with van der Waals surface area (Å²) >= 11 is 0. The van der Waals surface area contributed by atoms with E-state index in [0.717, 1.165) is 11.5 Å². The molecule has 4 heteroatoms. The molecule has 43 heavy (non-hydrogen) atoms. The lowest BCUT2D eigenvalue weighted by atomic mass is 10.1. The molecule has 7 rings (SSSR count). The maximum absolute atomic E-state index is 6.48. The van der Waals surface area contributed by atoms with Crippen LogP contribution in [0.3, 0.4) is 0 Å². The van der Waals surface area contributed by atoms with Gasteiger partial charge in [-0.1, -0.05) is 164 Å². The summed E-state index contributed by atoms with van der Waals surface area (Å²) in [6, 6.07) is 60.8. The monoisotopic (exact) mass is 591 g/mol. The van der Waals surface area contributed by atoms with Crippen molar-refractivity contribution < 1.29 is 4.74 Å². The van der Waals surface area contributed by atoms with Crippen LogP contribution in [0.25, 0.3) is 0 Å². The third-order valence-corrected chi connectivity index (χ3v) is 12.6. The molecule has 0 spiro atoms. The summed E-state index contributed by atoms with van der Waals surface area (Å²) in [5.74, 6) is 0.735. The van der Waals surface area contributed by atoms with Crippen LogP contribution in [-0.4, -0.2) is 12.5 Å². The van der Waals surface area contributed by atoms with Crippen LogP contribution in [0.5, 0.6) is 0 Å². The SMILES string of the molecule is c1ccc(P(c2ccccc2)c2ccccc2C2=N[C@@H](c3ccccc3P(c3ccccc3)c3ccccc3)CO2)cc1. The molecule has 0 aliphatic carbocycles. The van der Waals surface area contributed by atoms with Crippen molar-refractivity contribution in [1.82, 2.24) is 0 Å². The number of benzene rings is 6. The number of rotatable bonds is 8. The zero-order valence-corrected chi connectivity index (χ0v) is 25.5. The predicted octanol–water partition coefficient (Wildman–Crippen LogP) is 6.72. The van der Waals surface area contributed by atoms with E-state index in [0.29, 0.717) is 6.61 Å². The van der Waals surface area contributed by atoms with E-state index >= 15 is 0 Å². The number of aliphatic imine (C=N–C) groups is 1. The van der Waals surface area contributed by atoms with Gasteiger partial charge >= 0.3 is 0 Å². The van der Waals surface area contributed by atoms with Crippen LogP contribution in [0.15, 0.2) is 175 Å². The van der Waals surface area contributed by atoms with Crippen LogP contribution in [0.1, 0.15) is 17.2 Å². The Morgan fingerprint density at radius 1 is 0.442 bits per heavy atom. The van der Waals surface area contributed by atoms with E-state index < -0.39 is 15.8 Å². The summed E-state index contributed by atoms with van der Waals surface area (Å²) < 4.78 is 6.48. The Morgan fingerprint density at radius 2 is 0.837 bits per heavy atom. The quantitative estimate of drug-likeness (QED) is 0.180. The first-order valence-electron chi connectivity index (χ1n) is 14.6. The minimum Gasteiger partial charge on any atom is -0.475 e. The van der Waals surface area contributed by atoms with Crippen LogP contribution in [0.2, 0.25) is 0 Å².